The number of alkyl halides is 3. The van der Waals surface area contributed by atoms with Gasteiger partial charge in [-0.3, -0.25) is 9.59 Å². The van der Waals surface area contributed by atoms with Gasteiger partial charge in [0.2, 0.25) is 11.8 Å². The summed E-state index contributed by atoms with van der Waals surface area (Å²) < 4.78 is 52.2. The van der Waals surface area contributed by atoms with Crippen LogP contribution >= 0.6 is 0 Å². The van der Waals surface area contributed by atoms with Crippen molar-refractivity contribution in [2.75, 3.05) is 10.6 Å². The van der Waals surface area contributed by atoms with Crippen LogP contribution in [0.15, 0.2) is 42.5 Å². The fourth-order valence-electron chi connectivity index (χ4n) is 2.28. The van der Waals surface area contributed by atoms with Gasteiger partial charge in [-0.05, 0) is 36.2 Å². The van der Waals surface area contributed by atoms with Gasteiger partial charge in [0.15, 0.2) is 0 Å². The zero-order valence-electron chi connectivity index (χ0n) is 13.8. The fourth-order valence-corrected chi connectivity index (χ4v) is 2.28. The lowest BCUT2D eigenvalue weighted by atomic mass is 10.1. The van der Waals surface area contributed by atoms with Gasteiger partial charge in [-0.1, -0.05) is 18.2 Å². The number of carbonyl (C=O) groups is 2. The number of rotatable bonds is 5. The first-order valence-electron chi connectivity index (χ1n) is 7.69. The standard InChI is InChI=1S/C18H16F4N2O2/c1-11(25)23-15-8-7-13(18(20,21)22)10-16(15)24-17(26)9-6-12-4-2-3-5-14(12)19/h2-5,7-8,10H,6,9H2,1H3,(H,23,25)(H,24,26). The van der Waals surface area contributed by atoms with Gasteiger partial charge >= 0.3 is 6.18 Å². The number of aryl methyl sites for hydroxylation is 1. The zero-order valence-corrected chi connectivity index (χ0v) is 13.8. The first kappa shape index (κ1) is 19.4. The second-order valence-electron chi connectivity index (χ2n) is 5.58. The highest BCUT2D eigenvalue weighted by Gasteiger charge is 2.31. The lowest BCUT2D eigenvalue weighted by molar-refractivity contribution is -0.137. The SMILES string of the molecule is CC(=O)Nc1ccc(C(F)(F)F)cc1NC(=O)CCc1ccccc1F. The largest absolute Gasteiger partial charge is 0.416 e. The van der Waals surface area contributed by atoms with Crippen LogP contribution in [0.3, 0.4) is 0 Å². The molecule has 0 aliphatic heterocycles. The number of benzene rings is 2. The topological polar surface area (TPSA) is 58.2 Å². The number of amides is 2. The average molecular weight is 368 g/mol. The van der Waals surface area contributed by atoms with E-state index in [1.165, 1.54) is 25.1 Å². The molecule has 2 aromatic rings. The average Bonchev–Trinajstić information content (AvgIpc) is 2.54. The summed E-state index contributed by atoms with van der Waals surface area (Å²) in [7, 11) is 0. The highest BCUT2D eigenvalue weighted by Crippen LogP contribution is 2.34. The predicted molar refractivity (Wildman–Crippen MR) is 89.1 cm³/mol. The van der Waals surface area contributed by atoms with Crippen molar-refractivity contribution in [2.45, 2.75) is 25.9 Å². The molecular weight excluding hydrogens is 352 g/mol. The number of nitrogens with one attached hydrogen (secondary N) is 2. The van der Waals surface area contributed by atoms with E-state index in [1.807, 2.05) is 0 Å². The van der Waals surface area contributed by atoms with Crippen molar-refractivity contribution in [3.63, 3.8) is 0 Å². The molecule has 0 aliphatic rings. The summed E-state index contributed by atoms with van der Waals surface area (Å²) in [6.45, 7) is 1.20. The van der Waals surface area contributed by atoms with Crippen LogP contribution in [0.4, 0.5) is 28.9 Å². The number of carbonyl (C=O) groups excluding carboxylic acids is 2. The molecule has 0 spiro atoms. The Balaban J connectivity index is 2.16. The molecule has 2 rings (SSSR count). The Hall–Kier alpha value is -2.90. The van der Waals surface area contributed by atoms with E-state index in [1.54, 1.807) is 6.07 Å². The van der Waals surface area contributed by atoms with Crippen molar-refractivity contribution in [1.29, 1.82) is 0 Å². The highest BCUT2D eigenvalue weighted by atomic mass is 19.4. The van der Waals surface area contributed by atoms with E-state index in [0.717, 1.165) is 18.2 Å². The third-order valence-electron chi connectivity index (χ3n) is 3.51. The van der Waals surface area contributed by atoms with Crippen LogP contribution < -0.4 is 10.6 Å². The normalized spacial score (nSPS) is 11.1. The Kier molecular flexibility index (Phi) is 5.97. The van der Waals surface area contributed by atoms with Gasteiger partial charge in [0.1, 0.15) is 5.82 Å². The molecule has 0 bridgehead atoms. The maximum Gasteiger partial charge on any atom is 0.416 e. The molecule has 0 aromatic heterocycles. The van der Waals surface area contributed by atoms with Crippen LogP contribution in [0.25, 0.3) is 0 Å². The molecule has 0 aliphatic carbocycles. The molecule has 0 fully saturated rings. The second-order valence-corrected chi connectivity index (χ2v) is 5.58. The molecule has 0 unspecified atom stereocenters. The lowest BCUT2D eigenvalue weighted by Gasteiger charge is -2.15. The Morgan fingerprint density at radius 3 is 2.31 bits per heavy atom. The second kappa shape index (κ2) is 7.99. The van der Waals surface area contributed by atoms with Gasteiger partial charge in [-0.25, -0.2) is 4.39 Å². The van der Waals surface area contributed by atoms with Crippen LogP contribution in [0, 0.1) is 5.82 Å². The molecule has 138 valence electrons. The number of hydrogen-bond donors (Lipinski definition) is 2. The summed E-state index contributed by atoms with van der Waals surface area (Å²) in [4.78, 5) is 23.3. The Bertz CT molecular complexity index is 819. The molecule has 0 saturated carbocycles. The Labute approximate surface area is 147 Å². The monoisotopic (exact) mass is 368 g/mol. The number of halogens is 4. The molecule has 0 atom stereocenters. The molecule has 4 nitrogen and oxygen atoms in total. The van der Waals surface area contributed by atoms with Crippen LogP contribution in [0.2, 0.25) is 0 Å². The molecule has 0 heterocycles. The predicted octanol–water partition coefficient (Wildman–Crippen LogP) is 4.37. The third kappa shape index (κ3) is 5.30. The van der Waals surface area contributed by atoms with Gasteiger partial charge in [0, 0.05) is 13.3 Å². The smallest absolute Gasteiger partial charge is 0.325 e. The molecule has 26 heavy (non-hydrogen) atoms. The van der Waals surface area contributed by atoms with Crippen molar-refractivity contribution in [2.24, 2.45) is 0 Å². The van der Waals surface area contributed by atoms with E-state index in [0.29, 0.717) is 5.56 Å². The minimum absolute atomic E-state index is 0.0461. The van der Waals surface area contributed by atoms with E-state index in [-0.39, 0.29) is 24.2 Å². The van der Waals surface area contributed by atoms with E-state index in [2.05, 4.69) is 10.6 Å². The maximum absolute atomic E-state index is 13.6. The van der Waals surface area contributed by atoms with Crippen molar-refractivity contribution < 1.29 is 27.2 Å². The molecule has 2 N–H and O–H groups in total. The van der Waals surface area contributed by atoms with Crippen molar-refractivity contribution >= 4 is 23.2 Å². The third-order valence-corrected chi connectivity index (χ3v) is 3.51. The molecule has 0 saturated heterocycles. The number of anilines is 2. The Morgan fingerprint density at radius 2 is 1.69 bits per heavy atom. The molecular formula is C18H16F4N2O2. The quantitative estimate of drug-likeness (QED) is 0.770. The van der Waals surface area contributed by atoms with Gasteiger partial charge in [-0.2, -0.15) is 13.2 Å². The fraction of sp³-hybridized carbons (Fsp3) is 0.222. The summed E-state index contributed by atoms with van der Waals surface area (Å²) in [5, 5.41) is 4.70. The first-order valence-corrected chi connectivity index (χ1v) is 7.69. The van der Waals surface area contributed by atoms with Gasteiger partial charge in [-0.15, -0.1) is 0 Å². The van der Waals surface area contributed by atoms with Gasteiger partial charge in [0.25, 0.3) is 0 Å². The van der Waals surface area contributed by atoms with E-state index >= 15 is 0 Å². The van der Waals surface area contributed by atoms with E-state index in [9.17, 15) is 27.2 Å². The molecule has 2 aromatic carbocycles. The van der Waals surface area contributed by atoms with Gasteiger partial charge < -0.3 is 10.6 Å². The molecule has 0 radical (unpaired) electrons. The minimum atomic E-state index is -4.60. The number of hydrogen-bond acceptors (Lipinski definition) is 2. The summed E-state index contributed by atoms with van der Waals surface area (Å²) >= 11 is 0. The van der Waals surface area contributed by atoms with Crippen molar-refractivity contribution in [1.82, 2.24) is 0 Å². The summed E-state index contributed by atoms with van der Waals surface area (Å²) in [5.41, 5.74) is -0.761. The zero-order chi connectivity index (χ0) is 19.3. The van der Waals surface area contributed by atoms with Crippen molar-refractivity contribution in [3.05, 3.63) is 59.4 Å². The van der Waals surface area contributed by atoms with E-state index in [4.69, 9.17) is 0 Å². The van der Waals surface area contributed by atoms with Crippen LogP contribution in [-0.2, 0) is 22.2 Å². The summed E-state index contributed by atoms with van der Waals surface area (Å²) in [6, 6.07) is 8.53. The van der Waals surface area contributed by atoms with Crippen molar-refractivity contribution in [3.8, 4) is 0 Å². The summed E-state index contributed by atoms with van der Waals surface area (Å²) in [5.74, 6) is -1.55. The Morgan fingerprint density at radius 1 is 1.00 bits per heavy atom. The van der Waals surface area contributed by atoms with Crippen LogP contribution in [-0.4, -0.2) is 11.8 Å². The summed E-state index contributed by atoms with van der Waals surface area (Å²) in [6.07, 6.45) is -4.63. The minimum Gasteiger partial charge on any atom is -0.325 e. The lowest BCUT2D eigenvalue weighted by Crippen LogP contribution is -2.17. The van der Waals surface area contributed by atoms with Crippen LogP contribution in [0.5, 0.6) is 0 Å². The first-order chi connectivity index (χ1) is 12.2. The van der Waals surface area contributed by atoms with Crippen LogP contribution in [0.1, 0.15) is 24.5 Å². The van der Waals surface area contributed by atoms with Gasteiger partial charge in [0.05, 0.1) is 16.9 Å². The maximum atomic E-state index is 13.6. The molecule has 8 heteroatoms. The highest BCUT2D eigenvalue weighted by molar-refractivity contribution is 5.99. The molecule has 2 amide bonds. The van der Waals surface area contributed by atoms with E-state index < -0.39 is 29.4 Å².